The van der Waals surface area contributed by atoms with Crippen molar-refractivity contribution in [1.82, 2.24) is 5.32 Å². The quantitative estimate of drug-likeness (QED) is 0.865. The van der Waals surface area contributed by atoms with Gasteiger partial charge in [0.2, 0.25) is 0 Å². The Bertz CT molecular complexity index is 640. The molecule has 0 radical (unpaired) electrons. The van der Waals surface area contributed by atoms with Crippen LogP contribution < -0.4 is 5.32 Å². The fourth-order valence-corrected chi connectivity index (χ4v) is 5.99. The molecule has 0 spiro atoms. The van der Waals surface area contributed by atoms with Crippen molar-refractivity contribution >= 4 is 11.9 Å². The summed E-state index contributed by atoms with van der Waals surface area (Å²) >= 11 is 0. The molecule has 2 unspecified atom stereocenters. The predicted molar refractivity (Wildman–Crippen MR) is 90.3 cm³/mol. The number of nitrogens with one attached hydrogen (secondary N) is 1. The fraction of sp³-hybridized carbons (Fsp3) is 0.600. The van der Waals surface area contributed by atoms with Crippen LogP contribution in [-0.2, 0) is 19.7 Å². The lowest BCUT2D eigenvalue weighted by atomic mass is 9.43. The second-order valence-electron chi connectivity index (χ2n) is 8.14. The van der Waals surface area contributed by atoms with Gasteiger partial charge < -0.3 is 10.1 Å². The number of hydrogen-bond acceptors (Lipinski definition) is 3. The van der Waals surface area contributed by atoms with Crippen LogP contribution in [0.3, 0.4) is 0 Å². The van der Waals surface area contributed by atoms with E-state index in [9.17, 15) is 9.59 Å². The van der Waals surface area contributed by atoms with Crippen LogP contribution >= 0.6 is 0 Å². The Balaban J connectivity index is 1.61. The molecule has 1 N–H and O–H groups in total. The molecule has 4 nitrogen and oxygen atoms in total. The van der Waals surface area contributed by atoms with Crippen molar-refractivity contribution in [3.05, 3.63) is 35.9 Å². The minimum atomic E-state index is -0.381. The molecule has 0 aromatic heterocycles. The molecule has 4 aliphatic rings. The van der Waals surface area contributed by atoms with Crippen LogP contribution in [0.5, 0.6) is 0 Å². The summed E-state index contributed by atoms with van der Waals surface area (Å²) in [5, 5.41) is 2.51. The summed E-state index contributed by atoms with van der Waals surface area (Å²) in [5.74, 6) is 0.823. The first kappa shape index (κ1) is 15.7. The predicted octanol–water partition coefficient (Wildman–Crippen LogP) is 2.81. The van der Waals surface area contributed by atoms with E-state index >= 15 is 0 Å². The molecule has 4 atom stereocenters. The van der Waals surface area contributed by atoms with E-state index in [0.29, 0.717) is 11.8 Å². The minimum absolute atomic E-state index is 0.122. The van der Waals surface area contributed by atoms with Gasteiger partial charge in [-0.3, -0.25) is 9.59 Å². The summed E-state index contributed by atoms with van der Waals surface area (Å²) in [6, 6.07) is 10.7. The van der Waals surface area contributed by atoms with Crippen molar-refractivity contribution < 1.29 is 14.3 Å². The second-order valence-corrected chi connectivity index (χ2v) is 8.14. The second kappa shape index (κ2) is 5.61. The molecular formula is C20H25NO3. The highest BCUT2D eigenvalue weighted by Gasteiger charge is 2.61. The van der Waals surface area contributed by atoms with Gasteiger partial charge in [0.05, 0.1) is 5.41 Å². The molecule has 4 fully saturated rings. The first-order valence-corrected chi connectivity index (χ1v) is 8.99. The lowest BCUT2D eigenvalue weighted by Crippen LogP contribution is -2.57. The molecule has 1 amide bonds. The van der Waals surface area contributed by atoms with E-state index in [-0.39, 0.29) is 29.3 Å². The number of likely N-dealkylation sites (N-methyl/N-ethyl adjacent to an activating group) is 1. The van der Waals surface area contributed by atoms with Crippen LogP contribution in [-0.4, -0.2) is 25.5 Å². The van der Waals surface area contributed by atoms with E-state index < -0.39 is 0 Å². The Morgan fingerprint density at radius 3 is 2.42 bits per heavy atom. The highest BCUT2D eigenvalue weighted by atomic mass is 16.5. The third-order valence-corrected chi connectivity index (χ3v) is 6.49. The van der Waals surface area contributed by atoms with Crippen LogP contribution in [0.2, 0.25) is 0 Å². The number of esters is 1. The Morgan fingerprint density at radius 1 is 1.12 bits per heavy atom. The number of amides is 1. The van der Waals surface area contributed by atoms with Crippen LogP contribution in [0.15, 0.2) is 30.3 Å². The van der Waals surface area contributed by atoms with Crippen LogP contribution in [0.4, 0.5) is 0 Å². The molecule has 4 heteroatoms. The summed E-state index contributed by atoms with van der Waals surface area (Å²) in [6.07, 6.45) is 6.38. The maximum Gasteiger partial charge on any atom is 0.312 e. The summed E-state index contributed by atoms with van der Waals surface area (Å²) in [7, 11) is 1.56. The third kappa shape index (κ3) is 2.43. The van der Waals surface area contributed by atoms with Gasteiger partial charge in [0.25, 0.3) is 5.91 Å². The molecule has 5 rings (SSSR count). The first-order chi connectivity index (χ1) is 11.6. The number of hydrogen-bond donors (Lipinski definition) is 1. The molecular weight excluding hydrogens is 302 g/mol. The zero-order valence-electron chi connectivity index (χ0n) is 14.2. The van der Waals surface area contributed by atoms with Crippen molar-refractivity contribution in [2.75, 3.05) is 13.7 Å². The summed E-state index contributed by atoms with van der Waals surface area (Å²) < 4.78 is 5.41. The van der Waals surface area contributed by atoms with Crippen molar-refractivity contribution in [3.8, 4) is 0 Å². The SMILES string of the molecule is CNC(=O)COC(=O)C12C[C@H]3C[C@@H](C1)CC(c1ccccc1)(C3)C2. The molecule has 4 saturated carbocycles. The average molecular weight is 327 g/mol. The zero-order valence-corrected chi connectivity index (χ0v) is 14.2. The fourth-order valence-electron chi connectivity index (χ4n) is 5.99. The summed E-state index contributed by atoms with van der Waals surface area (Å²) in [4.78, 5) is 24.3. The molecule has 0 aliphatic heterocycles. The van der Waals surface area contributed by atoms with Gasteiger partial charge in [-0.15, -0.1) is 0 Å². The number of rotatable bonds is 4. The van der Waals surface area contributed by atoms with Gasteiger partial charge in [-0.2, -0.15) is 0 Å². The van der Waals surface area contributed by atoms with Crippen molar-refractivity contribution in [3.63, 3.8) is 0 Å². The van der Waals surface area contributed by atoms with Crippen LogP contribution in [0.25, 0.3) is 0 Å². The zero-order chi connectivity index (χ0) is 16.8. The third-order valence-electron chi connectivity index (χ3n) is 6.49. The maximum absolute atomic E-state index is 12.9. The minimum Gasteiger partial charge on any atom is -0.455 e. The first-order valence-electron chi connectivity index (χ1n) is 8.99. The van der Waals surface area contributed by atoms with E-state index in [4.69, 9.17) is 4.74 Å². The molecule has 0 heterocycles. The monoisotopic (exact) mass is 327 g/mol. The standard InChI is InChI=1S/C20H25NO3/c1-21-17(22)12-24-18(23)20-10-14-7-15(11-20)9-19(8-14,13-20)16-5-3-2-4-6-16/h2-6,14-15H,7-13H2,1H3,(H,21,22)/t14-,15+,19?,20?. The van der Waals surface area contributed by atoms with Gasteiger partial charge >= 0.3 is 5.97 Å². The largest absolute Gasteiger partial charge is 0.455 e. The number of carbonyl (C=O) groups excluding carboxylic acids is 2. The van der Waals surface area contributed by atoms with Gasteiger partial charge in [-0.25, -0.2) is 0 Å². The van der Waals surface area contributed by atoms with E-state index in [1.54, 1.807) is 7.05 Å². The topological polar surface area (TPSA) is 55.4 Å². The van der Waals surface area contributed by atoms with Gasteiger partial charge in [-0.1, -0.05) is 30.3 Å². The molecule has 4 aliphatic carbocycles. The van der Waals surface area contributed by atoms with E-state index in [0.717, 1.165) is 19.3 Å². The number of benzene rings is 1. The van der Waals surface area contributed by atoms with Crippen molar-refractivity contribution in [2.24, 2.45) is 17.3 Å². The number of ether oxygens (including phenoxy) is 1. The summed E-state index contributed by atoms with van der Waals surface area (Å²) in [6.45, 7) is -0.162. The van der Waals surface area contributed by atoms with Gasteiger partial charge in [0, 0.05) is 7.05 Å². The van der Waals surface area contributed by atoms with Crippen molar-refractivity contribution in [1.29, 1.82) is 0 Å². The average Bonchev–Trinajstić information content (AvgIpc) is 2.59. The smallest absolute Gasteiger partial charge is 0.312 e. The van der Waals surface area contributed by atoms with E-state index in [1.165, 1.54) is 24.8 Å². The summed E-state index contributed by atoms with van der Waals surface area (Å²) in [5.41, 5.74) is 1.12. The lowest BCUT2D eigenvalue weighted by Gasteiger charge is -2.61. The molecule has 1 aromatic rings. The van der Waals surface area contributed by atoms with Gasteiger partial charge in [0.1, 0.15) is 0 Å². The van der Waals surface area contributed by atoms with Gasteiger partial charge in [0.15, 0.2) is 6.61 Å². The molecule has 1 aromatic carbocycles. The molecule has 0 saturated heterocycles. The van der Waals surface area contributed by atoms with Crippen molar-refractivity contribution in [2.45, 2.75) is 43.9 Å². The Labute approximate surface area is 143 Å². The van der Waals surface area contributed by atoms with Crippen LogP contribution in [0, 0.1) is 17.3 Å². The molecule has 24 heavy (non-hydrogen) atoms. The molecule has 4 bridgehead atoms. The van der Waals surface area contributed by atoms with Gasteiger partial charge in [-0.05, 0) is 61.3 Å². The highest BCUT2D eigenvalue weighted by molar-refractivity contribution is 5.83. The number of carbonyl (C=O) groups is 2. The highest BCUT2D eigenvalue weighted by Crippen LogP contribution is 2.66. The normalized spacial score (nSPS) is 36.4. The van der Waals surface area contributed by atoms with E-state index in [1.807, 2.05) is 0 Å². The Morgan fingerprint density at radius 2 is 1.79 bits per heavy atom. The Hall–Kier alpha value is -1.84. The lowest BCUT2D eigenvalue weighted by molar-refractivity contribution is -0.175. The van der Waals surface area contributed by atoms with Crippen LogP contribution in [0.1, 0.15) is 44.1 Å². The maximum atomic E-state index is 12.9. The molecule has 128 valence electrons. The van der Waals surface area contributed by atoms with E-state index in [2.05, 4.69) is 35.6 Å². The Kier molecular flexibility index (Phi) is 3.66.